The Bertz CT molecular complexity index is 590. The number of carbonyl (C=O) groups excluding carboxylic acids is 2. The van der Waals surface area contributed by atoms with Gasteiger partial charge < -0.3 is 4.90 Å². The Morgan fingerprint density at radius 1 is 1.20 bits per heavy atom. The quantitative estimate of drug-likeness (QED) is 0.774. The van der Waals surface area contributed by atoms with Gasteiger partial charge in [-0.15, -0.1) is 5.10 Å². The summed E-state index contributed by atoms with van der Waals surface area (Å²) in [4.78, 5) is 24.4. The fourth-order valence-electron chi connectivity index (χ4n) is 2.29. The number of amides is 2. The van der Waals surface area contributed by atoms with Crippen molar-refractivity contribution in [3.05, 3.63) is 16.8 Å². The van der Waals surface area contributed by atoms with Crippen molar-refractivity contribution < 1.29 is 9.59 Å². The second-order valence-corrected chi connectivity index (χ2v) is 4.47. The Morgan fingerprint density at radius 3 is 2.35 bits per heavy atom. The molecule has 1 aromatic heterocycles. The Hall–Kier alpha value is -2.49. The lowest BCUT2D eigenvalue weighted by Gasteiger charge is -2.27. The fraction of sp³-hybridized carbons (Fsp3) is 0.462. The zero-order valence-corrected chi connectivity index (χ0v) is 11.4. The van der Waals surface area contributed by atoms with Crippen molar-refractivity contribution in [1.29, 1.82) is 5.26 Å². The summed E-state index contributed by atoms with van der Waals surface area (Å²) < 4.78 is 0. The van der Waals surface area contributed by atoms with Crippen LogP contribution in [-0.4, -0.2) is 35.1 Å². The molecule has 1 fully saturated rings. The zero-order valence-electron chi connectivity index (χ0n) is 11.4. The first kappa shape index (κ1) is 13.9. The van der Waals surface area contributed by atoms with Crippen LogP contribution in [0.15, 0.2) is 0 Å². The number of aromatic nitrogens is 2. The fourth-order valence-corrected chi connectivity index (χ4v) is 2.29. The van der Waals surface area contributed by atoms with E-state index in [9.17, 15) is 14.9 Å². The number of carbonyl (C=O) groups is 2. The minimum atomic E-state index is -0.399. The maximum atomic E-state index is 11.4. The molecule has 20 heavy (non-hydrogen) atoms. The molecule has 2 heterocycles. The molecule has 1 aromatic rings. The molecule has 1 aliphatic rings. The number of anilines is 1. The molecule has 0 radical (unpaired) electrons. The Kier molecular flexibility index (Phi) is 3.94. The molecular weight excluding hydrogens is 258 g/mol. The first-order chi connectivity index (χ1) is 9.60. The van der Waals surface area contributed by atoms with Gasteiger partial charge in [0.15, 0.2) is 5.82 Å². The molecular formula is C13H15N5O2. The molecule has 0 saturated carbocycles. The van der Waals surface area contributed by atoms with E-state index >= 15 is 0 Å². The van der Waals surface area contributed by atoms with E-state index in [0.717, 1.165) is 11.3 Å². The van der Waals surface area contributed by atoms with Gasteiger partial charge in [-0.3, -0.25) is 14.9 Å². The summed E-state index contributed by atoms with van der Waals surface area (Å²) in [5.74, 6) is -0.487. The van der Waals surface area contributed by atoms with Crippen molar-refractivity contribution in [2.75, 3.05) is 18.0 Å². The SMILES string of the molecule is CCc1nnc(N2CC(=O)NC(=O)C2)c(C#N)c1CC. The van der Waals surface area contributed by atoms with Crippen LogP contribution in [0.5, 0.6) is 0 Å². The smallest absolute Gasteiger partial charge is 0.246 e. The van der Waals surface area contributed by atoms with Crippen LogP contribution >= 0.6 is 0 Å². The van der Waals surface area contributed by atoms with Crippen LogP contribution in [0.4, 0.5) is 5.82 Å². The number of hydrogen-bond donors (Lipinski definition) is 1. The summed E-state index contributed by atoms with van der Waals surface area (Å²) >= 11 is 0. The summed E-state index contributed by atoms with van der Waals surface area (Å²) in [5, 5.41) is 19.8. The molecule has 2 rings (SSSR count). The molecule has 1 N–H and O–H groups in total. The topological polar surface area (TPSA) is 99.0 Å². The highest BCUT2D eigenvalue weighted by Crippen LogP contribution is 2.23. The first-order valence-corrected chi connectivity index (χ1v) is 6.46. The lowest BCUT2D eigenvalue weighted by Crippen LogP contribution is -2.52. The highest BCUT2D eigenvalue weighted by molar-refractivity contribution is 6.02. The van der Waals surface area contributed by atoms with Crippen molar-refractivity contribution in [2.24, 2.45) is 0 Å². The minimum absolute atomic E-state index is 0.00370. The summed E-state index contributed by atoms with van der Waals surface area (Å²) in [6.45, 7) is 3.89. The highest BCUT2D eigenvalue weighted by atomic mass is 16.2. The van der Waals surface area contributed by atoms with E-state index in [4.69, 9.17) is 0 Å². The normalized spacial score (nSPS) is 14.9. The number of nitrogens with zero attached hydrogens (tertiary/aromatic N) is 4. The van der Waals surface area contributed by atoms with Gasteiger partial charge in [0.1, 0.15) is 11.6 Å². The number of rotatable bonds is 3. The average molecular weight is 273 g/mol. The summed E-state index contributed by atoms with van der Waals surface area (Å²) in [6, 6.07) is 2.13. The van der Waals surface area contributed by atoms with Crippen molar-refractivity contribution in [3.63, 3.8) is 0 Å². The zero-order chi connectivity index (χ0) is 14.7. The Balaban J connectivity index is 2.49. The minimum Gasteiger partial charge on any atom is -0.335 e. The summed E-state index contributed by atoms with van der Waals surface area (Å²) in [5.41, 5.74) is 2.01. The third-order valence-electron chi connectivity index (χ3n) is 3.19. The maximum absolute atomic E-state index is 11.4. The van der Waals surface area contributed by atoms with Crippen molar-refractivity contribution in [2.45, 2.75) is 26.7 Å². The van der Waals surface area contributed by atoms with E-state index in [0.29, 0.717) is 24.2 Å². The standard InChI is InChI=1S/C13H15N5O2/c1-3-8-9(5-14)13(17-16-10(8)4-2)18-6-11(19)15-12(20)7-18/h3-4,6-7H2,1-2H3,(H,15,19,20). The lowest BCUT2D eigenvalue weighted by atomic mass is 10.0. The molecule has 0 unspecified atom stereocenters. The number of aryl methyl sites for hydroxylation is 1. The Labute approximate surface area is 116 Å². The van der Waals surface area contributed by atoms with Gasteiger partial charge in [0, 0.05) is 0 Å². The first-order valence-electron chi connectivity index (χ1n) is 6.46. The van der Waals surface area contributed by atoms with Gasteiger partial charge in [-0.25, -0.2) is 0 Å². The van der Waals surface area contributed by atoms with E-state index in [-0.39, 0.29) is 13.1 Å². The molecule has 0 atom stereocenters. The highest BCUT2D eigenvalue weighted by Gasteiger charge is 2.27. The van der Waals surface area contributed by atoms with Gasteiger partial charge in [-0.2, -0.15) is 10.4 Å². The van der Waals surface area contributed by atoms with Gasteiger partial charge in [-0.1, -0.05) is 13.8 Å². The molecule has 7 heteroatoms. The monoisotopic (exact) mass is 273 g/mol. The van der Waals surface area contributed by atoms with Gasteiger partial charge >= 0.3 is 0 Å². The van der Waals surface area contributed by atoms with Crippen molar-refractivity contribution in [1.82, 2.24) is 15.5 Å². The van der Waals surface area contributed by atoms with Crippen LogP contribution in [0.25, 0.3) is 0 Å². The van der Waals surface area contributed by atoms with Gasteiger partial charge in [-0.05, 0) is 18.4 Å². The molecule has 0 bridgehead atoms. The predicted molar refractivity (Wildman–Crippen MR) is 70.9 cm³/mol. The summed E-state index contributed by atoms with van der Waals surface area (Å²) in [7, 11) is 0. The molecule has 2 amide bonds. The van der Waals surface area contributed by atoms with E-state index < -0.39 is 11.8 Å². The molecule has 1 saturated heterocycles. The van der Waals surface area contributed by atoms with Gasteiger partial charge in [0.05, 0.1) is 18.8 Å². The Morgan fingerprint density at radius 2 is 1.85 bits per heavy atom. The number of imide groups is 1. The van der Waals surface area contributed by atoms with Gasteiger partial charge in [0.25, 0.3) is 0 Å². The maximum Gasteiger partial charge on any atom is 0.246 e. The van der Waals surface area contributed by atoms with Crippen LogP contribution in [0.3, 0.4) is 0 Å². The van der Waals surface area contributed by atoms with E-state index in [2.05, 4.69) is 21.6 Å². The van der Waals surface area contributed by atoms with E-state index in [1.807, 2.05) is 13.8 Å². The molecule has 7 nitrogen and oxygen atoms in total. The van der Waals surface area contributed by atoms with Crippen molar-refractivity contribution >= 4 is 17.6 Å². The summed E-state index contributed by atoms with van der Waals surface area (Å²) in [6.07, 6.45) is 1.34. The number of piperazine rings is 1. The van der Waals surface area contributed by atoms with Crippen molar-refractivity contribution in [3.8, 4) is 6.07 Å². The largest absolute Gasteiger partial charge is 0.335 e. The van der Waals surface area contributed by atoms with E-state index in [1.54, 1.807) is 0 Å². The predicted octanol–water partition coefficient (Wildman–Crippen LogP) is -0.0641. The molecule has 0 aromatic carbocycles. The van der Waals surface area contributed by atoms with Crippen LogP contribution in [-0.2, 0) is 22.4 Å². The lowest BCUT2D eigenvalue weighted by molar-refractivity contribution is -0.130. The van der Waals surface area contributed by atoms with Gasteiger partial charge in [0.2, 0.25) is 11.8 Å². The van der Waals surface area contributed by atoms with Crippen LogP contribution in [0.2, 0.25) is 0 Å². The third-order valence-corrected chi connectivity index (χ3v) is 3.19. The number of hydrogen-bond acceptors (Lipinski definition) is 6. The number of nitriles is 1. The second-order valence-electron chi connectivity index (χ2n) is 4.47. The number of nitrogens with one attached hydrogen (secondary N) is 1. The second kappa shape index (κ2) is 5.65. The van der Waals surface area contributed by atoms with Crippen LogP contribution in [0.1, 0.15) is 30.7 Å². The van der Waals surface area contributed by atoms with Crippen LogP contribution < -0.4 is 10.2 Å². The molecule has 1 aliphatic heterocycles. The third kappa shape index (κ3) is 2.45. The molecule has 0 aliphatic carbocycles. The molecule has 104 valence electrons. The van der Waals surface area contributed by atoms with E-state index in [1.165, 1.54) is 4.90 Å². The molecule has 0 spiro atoms. The average Bonchev–Trinajstić information content (AvgIpc) is 2.44. The van der Waals surface area contributed by atoms with Crippen LogP contribution in [0, 0.1) is 11.3 Å².